The van der Waals surface area contributed by atoms with Crippen molar-refractivity contribution in [3.8, 4) is 0 Å². The number of esters is 1. The Balaban J connectivity index is 1.44. The van der Waals surface area contributed by atoms with Crippen LogP contribution in [0.4, 0.5) is 10.5 Å². The number of nitrogens with zero attached hydrogens (tertiary/aromatic N) is 2. The minimum atomic E-state index is -0.972. The van der Waals surface area contributed by atoms with Crippen LogP contribution in [0.15, 0.2) is 24.5 Å². The van der Waals surface area contributed by atoms with E-state index in [4.69, 9.17) is 9.47 Å². The third-order valence-corrected chi connectivity index (χ3v) is 7.34. The molecule has 1 aromatic heterocycles. The van der Waals surface area contributed by atoms with E-state index < -0.39 is 18.1 Å². The van der Waals surface area contributed by atoms with Crippen LogP contribution in [-0.4, -0.2) is 61.8 Å². The van der Waals surface area contributed by atoms with Gasteiger partial charge < -0.3 is 25.0 Å². The van der Waals surface area contributed by atoms with Crippen LogP contribution >= 0.6 is 0 Å². The Morgan fingerprint density at radius 1 is 1.09 bits per heavy atom. The number of anilines is 1. The third kappa shape index (κ3) is 7.83. The molecule has 0 aromatic carbocycles. The van der Waals surface area contributed by atoms with Gasteiger partial charge in [0.2, 0.25) is 5.91 Å². The Morgan fingerprint density at radius 2 is 1.77 bits per heavy atom. The Morgan fingerprint density at radius 3 is 2.40 bits per heavy atom. The summed E-state index contributed by atoms with van der Waals surface area (Å²) in [7, 11) is 0. The molecule has 9 nitrogen and oxygen atoms in total. The molecule has 1 saturated carbocycles. The summed E-state index contributed by atoms with van der Waals surface area (Å²) in [4.78, 5) is 43.7. The maximum Gasteiger partial charge on any atom is 0.407 e. The maximum atomic E-state index is 12.9. The number of amides is 2. The molecule has 0 bridgehead atoms. The van der Waals surface area contributed by atoms with Gasteiger partial charge in [-0.1, -0.05) is 13.3 Å². The van der Waals surface area contributed by atoms with E-state index in [0.29, 0.717) is 5.41 Å². The maximum absolute atomic E-state index is 12.9. The minimum absolute atomic E-state index is 0.0108. The number of pyridine rings is 1. The lowest BCUT2D eigenvalue weighted by molar-refractivity contribution is -0.145. The highest BCUT2D eigenvalue weighted by atomic mass is 16.6. The van der Waals surface area contributed by atoms with Gasteiger partial charge in [-0.3, -0.25) is 9.78 Å². The molecule has 9 heteroatoms. The van der Waals surface area contributed by atoms with Crippen LogP contribution < -0.4 is 15.5 Å². The molecule has 1 aromatic rings. The van der Waals surface area contributed by atoms with E-state index in [1.165, 1.54) is 5.69 Å². The van der Waals surface area contributed by atoms with Gasteiger partial charge in [0.05, 0.1) is 13.2 Å². The van der Waals surface area contributed by atoms with Crippen molar-refractivity contribution in [2.45, 2.75) is 71.3 Å². The third-order valence-electron chi connectivity index (χ3n) is 7.34. The SMILES string of the molecule is CCCCOC(=O)N[C@@H](CNC(=O)C1CCC2(CC1)CCN(c1ccncc1)CC2)C(=O)OCC. The molecule has 1 spiro atoms. The summed E-state index contributed by atoms with van der Waals surface area (Å²) in [6, 6.07) is 3.14. The molecule has 35 heavy (non-hydrogen) atoms. The van der Waals surface area contributed by atoms with Gasteiger partial charge in [-0.15, -0.1) is 0 Å². The number of unbranched alkanes of at least 4 members (excludes halogenated alkanes) is 1. The average molecular weight is 489 g/mol. The van der Waals surface area contributed by atoms with Crippen LogP contribution in [0.3, 0.4) is 0 Å². The normalized spacial score (nSPS) is 18.5. The van der Waals surface area contributed by atoms with Gasteiger partial charge >= 0.3 is 12.1 Å². The molecule has 2 N–H and O–H groups in total. The van der Waals surface area contributed by atoms with Gasteiger partial charge in [-0.05, 0) is 69.4 Å². The Kier molecular flexibility index (Phi) is 10.2. The topological polar surface area (TPSA) is 110 Å². The first kappa shape index (κ1) is 26.8. The molecular formula is C26H40N4O5. The van der Waals surface area contributed by atoms with Crippen LogP contribution in [0.1, 0.15) is 65.2 Å². The molecule has 1 aliphatic carbocycles. The van der Waals surface area contributed by atoms with Crippen molar-refractivity contribution in [3.05, 3.63) is 24.5 Å². The molecule has 3 rings (SSSR count). The van der Waals surface area contributed by atoms with Crippen LogP contribution in [0.25, 0.3) is 0 Å². The van der Waals surface area contributed by atoms with Crippen LogP contribution in [-0.2, 0) is 19.1 Å². The van der Waals surface area contributed by atoms with Gasteiger partial charge in [0, 0.05) is 43.6 Å². The minimum Gasteiger partial charge on any atom is -0.464 e. The molecule has 2 aliphatic rings. The molecule has 2 amide bonds. The van der Waals surface area contributed by atoms with Crippen LogP contribution in [0.5, 0.6) is 0 Å². The first-order chi connectivity index (χ1) is 17.0. The van der Waals surface area contributed by atoms with E-state index in [1.54, 1.807) is 6.92 Å². The summed E-state index contributed by atoms with van der Waals surface area (Å²) in [5, 5.41) is 5.38. The Hall–Kier alpha value is -2.84. The average Bonchev–Trinajstić information content (AvgIpc) is 2.88. The number of piperidine rings is 1. The zero-order chi connectivity index (χ0) is 25.1. The zero-order valence-electron chi connectivity index (χ0n) is 21.1. The van der Waals surface area contributed by atoms with Crippen molar-refractivity contribution >= 4 is 23.7 Å². The number of aromatic nitrogens is 1. The first-order valence-electron chi connectivity index (χ1n) is 13.0. The number of ether oxygens (including phenoxy) is 2. The van der Waals surface area contributed by atoms with E-state index in [9.17, 15) is 14.4 Å². The predicted molar refractivity (Wildman–Crippen MR) is 133 cm³/mol. The van der Waals surface area contributed by atoms with Gasteiger partial charge in [0.25, 0.3) is 0 Å². The summed E-state index contributed by atoms with van der Waals surface area (Å²) in [5.74, 6) is -0.716. The molecule has 0 radical (unpaired) electrons. The van der Waals surface area contributed by atoms with E-state index in [0.717, 1.165) is 64.5 Å². The molecule has 194 valence electrons. The summed E-state index contributed by atoms with van der Waals surface area (Å²) in [6.07, 6.45) is 10.7. The number of hydrogen-bond acceptors (Lipinski definition) is 7. The Labute approximate surface area is 208 Å². The lowest BCUT2D eigenvalue weighted by Gasteiger charge is -2.46. The van der Waals surface area contributed by atoms with E-state index >= 15 is 0 Å². The second-order valence-corrected chi connectivity index (χ2v) is 9.65. The lowest BCUT2D eigenvalue weighted by Crippen LogP contribution is -2.50. The van der Waals surface area contributed by atoms with Crippen LogP contribution in [0.2, 0.25) is 0 Å². The monoisotopic (exact) mass is 488 g/mol. The summed E-state index contributed by atoms with van der Waals surface area (Å²) < 4.78 is 10.1. The second-order valence-electron chi connectivity index (χ2n) is 9.65. The summed E-state index contributed by atoms with van der Waals surface area (Å²) >= 11 is 0. The molecule has 2 heterocycles. The van der Waals surface area contributed by atoms with Crippen molar-refractivity contribution < 1.29 is 23.9 Å². The van der Waals surface area contributed by atoms with Gasteiger partial charge in [0.15, 0.2) is 0 Å². The molecular weight excluding hydrogens is 448 g/mol. The van der Waals surface area contributed by atoms with Gasteiger partial charge in [-0.25, -0.2) is 9.59 Å². The summed E-state index contributed by atoms with van der Waals surface area (Å²) in [5.41, 5.74) is 1.54. The number of nitrogens with one attached hydrogen (secondary N) is 2. The molecule has 2 fully saturated rings. The Bertz CT molecular complexity index is 816. The molecule has 1 atom stereocenters. The molecule has 0 unspecified atom stereocenters. The largest absolute Gasteiger partial charge is 0.464 e. The van der Waals surface area contributed by atoms with Crippen LogP contribution in [0, 0.1) is 11.3 Å². The standard InChI is InChI=1S/C26H40N4O5/c1-3-5-18-35-25(33)29-22(24(32)34-4-2)19-28-23(31)20-6-10-26(11-7-20)12-16-30(17-13-26)21-8-14-27-15-9-21/h8-9,14-15,20,22H,3-7,10-13,16-19H2,1-2H3,(H,28,31)(H,29,33)/t22-/m0/s1. The highest BCUT2D eigenvalue weighted by Crippen LogP contribution is 2.46. The second kappa shape index (κ2) is 13.3. The van der Waals surface area contributed by atoms with E-state index in [1.807, 2.05) is 19.3 Å². The number of alkyl carbamates (subject to hydrolysis) is 1. The van der Waals surface area contributed by atoms with E-state index in [-0.39, 0.29) is 31.6 Å². The molecule has 1 aliphatic heterocycles. The highest BCUT2D eigenvalue weighted by Gasteiger charge is 2.40. The fraction of sp³-hybridized carbons (Fsp3) is 0.692. The van der Waals surface area contributed by atoms with Gasteiger partial charge in [0.1, 0.15) is 6.04 Å². The number of rotatable bonds is 10. The van der Waals surface area contributed by atoms with Gasteiger partial charge in [-0.2, -0.15) is 0 Å². The van der Waals surface area contributed by atoms with Crippen molar-refractivity contribution in [2.75, 3.05) is 37.7 Å². The van der Waals surface area contributed by atoms with Crippen molar-refractivity contribution in [2.24, 2.45) is 11.3 Å². The fourth-order valence-electron chi connectivity index (χ4n) is 5.06. The lowest BCUT2D eigenvalue weighted by atomic mass is 9.65. The highest BCUT2D eigenvalue weighted by molar-refractivity contribution is 5.83. The zero-order valence-corrected chi connectivity index (χ0v) is 21.1. The number of carbonyl (C=O) groups excluding carboxylic acids is 3. The van der Waals surface area contributed by atoms with Crippen molar-refractivity contribution in [1.29, 1.82) is 0 Å². The summed E-state index contributed by atoms with van der Waals surface area (Å²) in [6.45, 7) is 6.23. The quantitative estimate of drug-likeness (QED) is 0.383. The van der Waals surface area contributed by atoms with Crippen molar-refractivity contribution in [3.63, 3.8) is 0 Å². The molecule has 1 saturated heterocycles. The first-order valence-corrected chi connectivity index (χ1v) is 13.0. The van der Waals surface area contributed by atoms with Crippen molar-refractivity contribution in [1.82, 2.24) is 15.6 Å². The fourth-order valence-corrected chi connectivity index (χ4v) is 5.06. The number of hydrogen-bond donors (Lipinski definition) is 2. The number of carbonyl (C=O) groups is 3. The predicted octanol–water partition coefficient (Wildman–Crippen LogP) is 3.43. The van der Waals surface area contributed by atoms with E-state index in [2.05, 4.69) is 32.7 Å². The smallest absolute Gasteiger partial charge is 0.407 e.